The highest BCUT2D eigenvalue weighted by atomic mass is 16.5. The molecule has 1 aromatic heterocycles. The molecule has 2 heterocycles. The zero-order valence-corrected chi connectivity index (χ0v) is 10.5. The normalized spacial score (nSPS) is 18.4. The lowest BCUT2D eigenvalue weighted by Crippen LogP contribution is -3.10. The van der Waals surface area contributed by atoms with E-state index in [4.69, 9.17) is 9.26 Å². The molecule has 1 unspecified atom stereocenters. The summed E-state index contributed by atoms with van der Waals surface area (Å²) < 4.78 is 10.5. The Labute approximate surface area is 106 Å². The third-order valence-electron chi connectivity index (χ3n) is 3.46. The van der Waals surface area contributed by atoms with E-state index in [1.54, 1.807) is 7.11 Å². The van der Waals surface area contributed by atoms with E-state index in [1.165, 1.54) is 10.5 Å². The minimum absolute atomic E-state index is 0.648. The van der Waals surface area contributed by atoms with Crippen LogP contribution in [0.4, 0.5) is 0 Å². The van der Waals surface area contributed by atoms with Gasteiger partial charge in [0.1, 0.15) is 18.7 Å². The van der Waals surface area contributed by atoms with E-state index >= 15 is 0 Å². The molecule has 2 aromatic rings. The lowest BCUT2D eigenvalue weighted by Gasteiger charge is -2.22. The molecule has 0 aliphatic carbocycles. The van der Waals surface area contributed by atoms with E-state index in [2.05, 4.69) is 35.5 Å². The molecular formula is C14H17N2O2+. The topological polar surface area (TPSA) is 39.7 Å². The summed E-state index contributed by atoms with van der Waals surface area (Å²) in [5.41, 5.74) is 2.50. The number of ether oxygens (including phenoxy) is 1. The molecular weight excluding hydrogens is 228 g/mol. The van der Waals surface area contributed by atoms with Crippen LogP contribution < -0.4 is 9.64 Å². The van der Waals surface area contributed by atoms with E-state index in [-0.39, 0.29) is 0 Å². The van der Waals surface area contributed by atoms with Crippen molar-refractivity contribution < 1.29 is 14.2 Å². The van der Waals surface area contributed by atoms with Crippen molar-refractivity contribution in [2.24, 2.45) is 0 Å². The quantitative estimate of drug-likeness (QED) is 0.870. The Morgan fingerprint density at radius 1 is 1.33 bits per heavy atom. The van der Waals surface area contributed by atoms with E-state index < -0.39 is 0 Å². The summed E-state index contributed by atoms with van der Waals surface area (Å²) >= 11 is 0. The number of benzene rings is 1. The standard InChI is InChI=1S/C14H16N2O2/c1-17-14-12-10-16(8-7-13(12)18-15-14)9-11-5-3-2-4-6-11/h2-6H,7-10H2,1H3/p+1. The lowest BCUT2D eigenvalue weighted by atomic mass is 10.1. The van der Waals surface area contributed by atoms with Gasteiger partial charge in [0.05, 0.1) is 20.1 Å². The number of nitrogens with one attached hydrogen (secondary N) is 1. The second kappa shape index (κ2) is 4.82. The molecule has 0 fully saturated rings. The van der Waals surface area contributed by atoms with Gasteiger partial charge in [-0.15, -0.1) is 0 Å². The molecule has 0 bridgehead atoms. The van der Waals surface area contributed by atoms with Crippen LogP contribution in [0, 0.1) is 0 Å². The Morgan fingerprint density at radius 3 is 2.94 bits per heavy atom. The average Bonchev–Trinajstić information content (AvgIpc) is 2.82. The van der Waals surface area contributed by atoms with Crippen LogP contribution in [0.2, 0.25) is 0 Å². The summed E-state index contributed by atoms with van der Waals surface area (Å²) in [6.07, 6.45) is 0.938. The zero-order valence-electron chi connectivity index (χ0n) is 10.5. The maximum Gasteiger partial charge on any atom is 0.263 e. The number of nitrogens with zero attached hydrogens (tertiary/aromatic N) is 1. The summed E-state index contributed by atoms with van der Waals surface area (Å²) in [7, 11) is 1.64. The number of aromatic nitrogens is 1. The monoisotopic (exact) mass is 245 g/mol. The van der Waals surface area contributed by atoms with E-state index in [0.29, 0.717) is 5.88 Å². The minimum Gasteiger partial charge on any atom is -0.478 e. The van der Waals surface area contributed by atoms with Crippen molar-refractivity contribution in [3.05, 3.63) is 47.2 Å². The SMILES string of the molecule is COc1noc2c1C[NH+](Cc1ccccc1)CC2. The van der Waals surface area contributed by atoms with Gasteiger partial charge in [-0.25, -0.2) is 0 Å². The van der Waals surface area contributed by atoms with Crippen LogP contribution in [-0.4, -0.2) is 18.8 Å². The van der Waals surface area contributed by atoms with Gasteiger partial charge in [-0.1, -0.05) is 30.3 Å². The molecule has 0 spiro atoms. The van der Waals surface area contributed by atoms with E-state index in [1.807, 2.05) is 0 Å². The molecule has 4 heteroatoms. The first-order chi connectivity index (χ1) is 8.86. The van der Waals surface area contributed by atoms with Crippen molar-refractivity contribution in [2.45, 2.75) is 19.5 Å². The molecule has 1 N–H and O–H groups in total. The van der Waals surface area contributed by atoms with Gasteiger partial charge in [-0.05, 0) is 5.16 Å². The number of hydrogen-bond acceptors (Lipinski definition) is 3. The Hall–Kier alpha value is -1.81. The van der Waals surface area contributed by atoms with Gasteiger partial charge in [-0.3, -0.25) is 0 Å². The molecule has 4 nitrogen and oxygen atoms in total. The predicted octanol–water partition coefficient (Wildman–Crippen LogP) is 0.824. The van der Waals surface area contributed by atoms with E-state index in [0.717, 1.165) is 37.4 Å². The fraction of sp³-hybridized carbons (Fsp3) is 0.357. The Bertz CT molecular complexity index is 508. The van der Waals surface area contributed by atoms with Crippen LogP contribution in [-0.2, 0) is 19.5 Å². The van der Waals surface area contributed by atoms with Crippen molar-refractivity contribution in [1.82, 2.24) is 5.16 Å². The number of quaternary nitrogens is 1. The minimum atomic E-state index is 0.648. The van der Waals surface area contributed by atoms with Gasteiger partial charge in [0, 0.05) is 5.56 Å². The highest BCUT2D eigenvalue weighted by molar-refractivity contribution is 5.28. The number of methoxy groups -OCH3 is 1. The van der Waals surface area contributed by atoms with Crippen LogP contribution in [0.25, 0.3) is 0 Å². The molecule has 94 valence electrons. The molecule has 1 aliphatic rings. The van der Waals surface area contributed by atoms with Crippen LogP contribution >= 0.6 is 0 Å². The smallest absolute Gasteiger partial charge is 0.263 e. The fourth-order valence-electron chi connectivity index (χ4n) is 2.52. The largest absolute Gasteiger partial charge is 0.478 e. The molecule has 3 rings (SSSR count). The van der Waals surface area contributed by atoms with Gasteiger partial charge in [0.15, 0.2) is 5.76 Å². The van der Waals surface area contributed by atoms with Crippen molar-refractivity contribution >= 4 is 0 Å². The van der Waals surface area contributed by atoms with Crippen LogP contribution in [0.1, 0.15) is 16.9 Å². The lowest BCUT2D eigenvalue weighted by molar-refractivity contribution is -0.929. The zero-order chi connectivity index (χ0) is 12.4. The maximum absolute atomic E-state index is 5.29. The van der Waals surface area contributed by atoms with Gasteiger partial charge in [0.25, 0.3) is 5.88 Å². The van der Waals surface area contributed by atoms with Crippen molar-refractivity contribution in [1.29, 1.82) is 0 Å². The Morgan fingerprint density at radius 2 is 2.17 bits per heavy atom. The summed E-state index contributed by atoms with van der Waals surface area (Å²) in [6, 6.07) is 10.6. The third kappa shape index (κ3) is 2.11. The van der Waals surface area contributed by atoms with Crippen molar-refractivity contribution in [2.75, 3.05) is 13.7 Å². The van der Waals surface area contributed by atoms with Crippen LogP contribution in [0.3, 0.4) is 0 Å². The predicted molar refractivity (Wildman–Crippen MR) is 66.4 cm³/mol. The molecule has 18 heavy (non-hydrogen) atoms. The van der Waals surface area contributed by atoms with Crippen LogP contribution in [0.15, 0.2) is 34.9 Å². The van der Waals surface area contributed by atoms with Crippen LogP contribution in [0.5, 0.6) is 5.88 Å². The molecule has 0 saturated heterocycles. The van der Waals surface area contributed by atoms with Crippen molar-refractivity contribution in [3.63, 3.8) is 0 Å². The number of rotatable bonds is 3. The van der Waals surface area contributed by atoms with Gasteiger partial charge in [-0.2, -0.15) is 0 Å². The summed E-state index contributed by atoms with van der Waals surface area (Å²) in [6.45, 7) is 3.05. The first kappa shape index (κ1) is 11.3. The summed E-state index contributed by atoms with van der Waals surface area (Å²) in [4.78, 5) is 1.52. The summed E-state index contributed by atoms with van der Waals surface area (Å²) in [5.74, 6) is 1.64. The highest BCUT2D eigenvalue weighted by Crippen LogP contribution is 2.22. The number of hydrogen-bond donors (Lipinski definition) is 1. The molecule has 1 atom stereocenters. The average molecular weight is 245 g/mol. The first-order valence-corrected chi connectivity index (χ1v) is 6.25. The fourth-order valence-corrected chi connectivity index (χ4v) is 2.52. The molecule has 0 radical (unpaired) electrons. The number of fused-ring (bicyclic) bond motifs is 1. The second-order valence-corrected chi connectivity index (χ2v) is 4.68. The molecule has 0 saturated carbocycles. The van der Waals surface area contributed by atoms with Crippen molar-refractivity contribution in [3.8, 4) is 5.88 Å². The maximum atomic E-state index is 5.29. The summed E-state index contributed by atoms with van der Waals surface area (Å²) in [5, 5.41) is 3.95. The van der Waals surface area contributed by atoms with Gasteiger partial charge < -0.3 is 14.2 Å². The molecule has 1 aromatic carbocycles. The van der Waals surface area contributed by atoms with Gasteiger partial charge >= 0.3 is 0 Å². The van der Waals surface area contributed by atoms with Gasteiger partial charge in [0.2, 0.25) is 0 Å². The highest BCUT2D eigenvalue weighted by Gasteiger charge is 2.27. The Balaban J connectivity index is 1.74. The van der Waals surface area contributed by atoms with E-state index in [9.17, 15) is 0 Å². The Kier molecular flexibility index (Phi) is 3.02. The first-order valence-electron chi connectivity index (χ1n) is 6.25. The second-order valence-electron chi connectivity index (χ2n) is 4.68. The third-order valence-corrected chi connectivity index (χ3v) is 3.46. The molecule has 0 amide bonds. The molecule has 1 aliphatic heterocycles.